The minimum atomic E-state index is -2.82. The number of amides is 2. The molecule has 0 unspecified atom stereocenters. The number of aryl methyl sites for hydroxylation is 1. The molecule has 222 valence electrons. The fourth-order valence-electron chi connectivity index (χ4n) is 7.01. The van der Waals surface area contributed by atoms with Gasteiger partial charge in [-0.15, -0.1) is 5.10 Å². The molecule has 2 fully saturated rings. The molecule has 0 radical (unpaired) electrons. The first kappa shape index (κ1) is 29.0. The van der Waals surface area contributed by atoms with Crippen LogP contribution in [0.15, 0.2) is 48.7 Å². The summed E-state index contributed by atoms with van der Waals surface area (Å²) in [5.41, 5.74) is 2.37. The van der Waals surface area contributed by atoms with E-state index >= 15 is 0 Å². The van der Waals surface area contributed by atoms with Crippen molar-refractivity contribution in [3.05, 3.63) is 70.5 Å². The molecule has 2 amide bonds. The Labute approximate surface area is 251 Å². The van der Waals surface area contributed by atoms with Crippen molar-refractivity contribution in [3.63, 3.8) is 0 Å². The van der Waals surface area contributed by atoms with Crippen LogP contribution in [0, 0.1) is 5.92 Å². The monoisotopic (exact) mass is 609 g/mol. The maximum absolute atomic E-state index is 14.6. The summed E-state index contributed by atoms with van der Waals surface area (Å²) in [5.74, 6) is -0.385. The topological polar surface area (TPSA) is 121 Å². The van der Waals surface area contributed by atoms with Gasteiger partial charge in [0.1, 0.15) is 0 Å². The number of carbonyl (C=O) groups excluding carboxylic acids is 2. The number of halogens is 1. The van der Waals surface area contributed by atoms with Crippen molar-refractivity contribution in [3.8, 4) is 0 Å². The first-order valence-electron chi connectivity index (χ1n) is 14.4. The Bertz CT molecular complexity index is 1530. The Hall–Kier alpha value is -3.09. The molecule has 1 aromatic heterocycles. The Morgan fingerprint density at radius 1 is 1.19 bits per heavy atom. The Morgan fingerprint density at radius 2 is 2.00 bits per heavy atom. The van der Waals surface area contributed by atoms with Crippen LogP contribution in [0.2, 0.25) is 23.7 Å². The van der Waals surface area contributed by atoms with E-state index in [0.29, 0.717) is 49.6 Å². The molecule has 2 N–H and O–H groups in total. The van der Waals surface area contributed by atoms with Gasteiger partial charge in [0, 0.05) is 66.5 Å². The second-order valence-electron chi connectivity index (χ2n) is 12.1. The number of β-lactam (4-membered cyclic amide) rings is 1. The van der Waals surface area contributed by atoms with Crippen molar-refractivity contribution in [1.82, 2.24) is 15.0 Å². The van der Waals surface area contributed by atoms with Crippen LogP contribution in [-0.2, 0) is 39.4 Å². The van der Waals surface area contributed by atoms with Crippen LogP contribution in [0.3, 0.4) is 0 Å². The van der Waals surface area contributed by atoms with Crippen molar-refractivity contribution >= 4 is 43.1 Å². The quantitative estimate of drug-likeness (QED) is 0.281. The number of aromatic nitrogens is 3. The maximum atomic E-state index is 14.6. The van der Waals surface area contributed by atoms with E-state index in [9.17, 15) is 19.5 Å². The van der Waals surface area contributed by atoms with E-state index in [4.69, 9.17) is 16.3 Å². The third kappa shape index (κ3) is 4.86. The van der Waals surface area contributed by atoms with Gasteiger partial charge >= 0.3 is 0 Å². The molecule has 4 heterocycles. The van der Waals surface area contributed by atoms with Gasteiger partial charge in [0.15, 0.2) is 13.9 Å². The van der Waals surface area contributed by atoms with Gasteiger partial charge in [-0.2, -0.15) is 0 Å². The van der Waals surface area contributed by atoms with Crippen LogP contribution in [-0.4, -0.2) is 64.3 Å². The second kappa shape index (κ2) is 10.9. The molecule has 2 saturated heterocycles. The molecule has 3 aliphatic heterocycles. The van der Waals surface area contributed by atoms with E-state index < -0.39 is 20.0 Å². The number of hydrogen-bond acceptors (Lipinski definition) is 7. The predicted octanol–water partition coefficient (Wildman–Crippen LogP) is 3.64. The highest BCUT2D eigenvalue weighted by Crippen LogP contribution is 2.60. The van der Waals surface area contributed by atoms with Crippen LogP contribution >= 0.6 is 11.6 Å². The number of rotatable bonds is 9. The summed E-state index contributed by atoms with van der Waals surface area (Å²) in [5, 5.41) is 18.0. The van der Waals surface area contributed by atoms with Gasteiger partial charge in [0.05, 0.1) is 24.0 Å². The molecule has 4 atom stereocenters. The Balaban J connectivity index is 1.33. The molecule has 3 aromatic rings. The fourth-order valence-corrected chi connectivity index (χ4v) is 9.78. The zero-order valence-electron chi connectivity index (χ0n) is 24.0. The molecular formula is C30H36ClN5O5Si. The molecule has 0 aliphatic carbocycles. The van der Waals surface area contributed by atoms with Crippen molar-refractivity contribution < 1.29 is 24.2 Å². The lowest BCUT2D eigenvalue weighted by molar-refractivity contribution is -0.146. The number of aliphatic hydroxyl groups excluding tert-OH is 1. The molecule has 12 heteroatoms. The number of ether oxygens (including phenoxy) is 1. The Kier molecular flexibility index (Phi) is 7.51. The minimum Gasteiger partial charge on any atom is -0.432 e. The lowest BCUT2D eigenvalue weighted by atomic mass is 9.82. The summed E-state index contributed by atoms with van der Waals surface area (Å²) in [6.07, 6.45) is 2.92. The Morgan fingerprint density at radius 3 is 2.69 bits per heavy atom. The predicted molar refractivity (Wildman–Crippen MR) is 161 cm³/mol. The zero-order valence-corrected chi connectivity index (χ0v) is 25.8. The molecule has 1 spiro atoms. The summed E-state index contributed by atoms with van der Waals surface area (Å²) in [7, 11) is -2.82. The van der Waals surface area contributed by atoms with Gasteiger partial charge in [-0.05, 0) is 55.4 Å². The molecule has 0 saturated carbocycles. The zero-order chi connectivity index (χ0) is 29.8. The third-order valence-electron chi connectivity index (χ3n) is 8.96. The molecule has 3 aliphatic rings. The second-order valence-corrected chi connectivity index (χ2v) is 16.5. The lowest BCUT2D eigenvalue weighted by Gasteiger charge is -2.32. The highest BCUT2D eigenvalue weighted by atomic mass is 35.5. The van der Waals surface area contributed by atoms with Crippen molar-refractivity contribution in [2.24, 2.45) is 5.92 Å². The smallest absolute Gasteiger partial charge is 0.264 e. The summed E-state index contributed by atoms with van der Waals surface area (Å²) >= 11 is 6.51. The van der Waals surface area contributed by atoms with Crippen LogP contribution in [0.25, 0.3) is 0 Å². The van der Waals surface area contributed by atoms with Gasteiger partial charge < -0.3 is 24.4 Å². The first-order chi connectivity index (χ1) is 20.0. The number of aliphatic hydroxyl groups is 1. The number of nitrogens with zero attached hydrogens (tertiary/aromatic N) is 5. The molecule has 2 aromatic carbocycles. The number of benzene rings is 2. The van der Waals surface area contributed by atoms with E-state index in [0.717, 1.165) is 22.5 Å². The highest BCUT2D eigenvalue weighted by molar-refractivity contribution is 6.71. The van der Waals surface area contributed by atoms with E-state index in [-0.39, 0.29) is 29.9 Å². The average Bonchev–Trinajstić information content (AvgIpc) is 3.57. The summed E-state index contributed by atoms with van der Waals surface area (Å²) in [6, 6.07) is 13.2. The molecule has 6 rings (SSSR count). The van der Waals surface area contributed by atoms with E-state index in [1.165, 1.54) is 0 Å². The van der Waals surface area contributed by atoms with Gasteiger partial charge in [-0.1, -0.05) is 35.9 Å². The fraction of sp³-hybridized carbons (Fsp3) is 0.467. The van der Waals surface area contributed by atoms with E-state index in [2.05, 4.69) is 10.3 Å². The van der Waals surface area contributed by atoms with Crippen LogP contribution < -0.4 is 9.80 Å². The normalized spacial score (nSPS) is 25.4. The summed E-state index contributed by atoms with van der Waals surface area (Å²) < 4.78 is 8.59. The third-order valence-corrected chi connectivity index (χ3v) is 11.7. The van der Waals surface area contributed by atoms with E-state index in [1.54, 1.807) is 26.7 Å². The molecule has 42 heavy (non-hydrogen) atoms. The summed E-state index contributed by atoms with van der Waals surface area (Å²) in [4.78, 5) is 41.7. The molecule has 0 bridgehead atoms. The van der Waals surface area contributed by atoms with Crippen molar-refractivity contribution in [1.29, 1.82) is 0 Å². The van der Waals surface area contributed by atoms with Crippen molar-refractivity contribution in [2.75, 3.05) is 23.0 Å². The summed E-state index contributed by atoms with van der Waals surface area (Å²) in [6.45, 7) is 7.30. The standard InChI is InChI=1S/C30H36ClN5O5Si/c1-19-28(42(2,3)40)26(9-12-34-18-22(11-14-37)32-33-34)41-30(19)24-16-21(31)7-8-25(24)36(29(30)39)17-20-5-4-6-23(15-20)35-13-10-27(35)38/h4-8,15-16,18-19,26,28,37,40H,9-14,17H2,1-3H3/t19-,26+,28-,30+/m0/s1. The van der Waals surface area contributed by atoms with Gasteiger partial charge in [0.25, 0.3) is 5.91 Å². The highest BCUT2D eigenvalue weighted by Gasteiger charge is 2.66. The van der Waals surface area contributed by atoms with Crippen LogP contribution in [0.4, 0.5) is 11.4 Å². The molecule has 10 nitrogen and oxygen atoms in total. The number of fused-ring (bicyclic) bond motifs is 2. The maximum Gasteiger partial charge on any atom is 0.264 e. The average molecular weight is 610 g/mol. The van der Waals surface area contributed by atoms with Gasteiger partial charge in [0.2, 0.25) is 5.91 Å². The minimum absolute atomic E-state index is 0.00189. The van der Waals surface area contributed by atoms with Crippen LogP contribution in [0.1, 0.15) is 36.6 Å². The van der Waals surface area contributed by atoms with E-state index in [1.807, 2.05) is 56.4 Å². The number of anilines is 2. The molecular weight excluding hydrogens is 574 g/mol. The van der Waals surface area contributed by atoms with Gasteiger partial charge in [-0.3, -0.25) is 14.3 Å². The van der Waals surface area contributed by atoms with Crippen LogP contribution in [0.5, 0.6) is 0 Å². The van der Waals surface area contributed by atoms with Crippen molar-refractivity contribution in [2.45, 2.75) is 69.6 Å². The van der Waals surface area contributed by atoms with Gasteiger partial charge in [-0.25, -0.2) is 0 Å². The lowest BCUT2D eigenvalue weighted by Crippen LogP contribution is -2.46. The first-order valence-corrected chi connectivity index (χ1v) is 17.8. The largest absolute Gasteiger partial charge is 0.432 e. The number of hydrogen-bond donors (Lipinski definition) is 2. The SMILES string of the molecule is C[C@H]1[C@H]([Si](C)(C)O)[C@@H](CCn2cc(CCO)nn2)O[C@]12C(=O)N(Cc1cccc(N3CCC3=O)c1)c1ccc(Cl)cc12. The number of carbonyl (C=O) groups is 2.